The van der Waals surface area contributed by atoms with Crippen LogP contribution in [0, 0.1) is 0 Å². The zero-order valence-electron chi connectivity index (χ0n) is 14.0. The van der Waals surface area contributed by atoms with Crippen LogP contribution >= 0.6 is 0 Å². The zero-order valence-corrected chi connectivity index (χ0v) is 14.0. The molecule has 0 saturated carbocycles. The summed E-state index contributed by atoms with van der Waals surface area (Å²) in [6.45, 7) is 0.845. The monoisotopic (exact) mass is 338 g/mol. The van der Waals surface area contributed by atoms with E-state index in [1.807, 2.05) is 30.3 Å². The maximum Gasteiger partial charge on any atom is 0.315 e. The molecule has 4 rings (SSSR count). The van der Waals surface area contributed by atoms with Crippen LogP contribution < -0.4 is 20.1 Å². The van der Waals surface area contributed by atoms with E-state index in [2.05, 4.69) is 28.8 Å². The third-order valence-electron chi connectivity index (χ3n) is 4.73. The van der Waals surface area contributed by atoms with Gasteiger partial charge < -0.3 is 20.1 Å². The summed E-state index contributed by atoms with van der Waals surface area (Å²) in [6.07, 6.45) is 2.97. The molecule has 0 bridgehead atoms. The summed E-state index contributed by atoms with van der Waals surface area (Å²) < 4.78 is 11.5. The van der Waals surface area contributed by atoms with E-state index in [1.54, 1.807) is 0 Å². The van der Waals surface area contributed by atoms with Crippen molar-refractivity contribution in [1.82, 2.24) is 10.6 Å². The Morgan fingerprint density at radius 2 is 1.88 bits per heavy atom. The highest BCUT2D eigenvalue weighted by molar-refractivity contribution is 5.74. The van der Waals surface area contributed by atoms with E-state index in [4.69, 9.17) is 9.47 Å². The van der Waals surface area contributed by atoms with E-state index < -0.39 is 0 Å². The summed E-state index contributed by atoms with van der Waals surface area (Å²) in [5.74, 6) is 1.48. The zero-order chi connectivity index (χ0) is 17.1. The fourth-order valence-electron chi connectivity index (χ4n) is 3.48. The average Bonchev–Trinajstić information content (AvgIpc) is 2.66. The van der Waals surface area contributed by atoms with Crippen molar-refractivity contribution in [2.24, 2.45) is 0 Å². The van der Waals surface area contributed by atoms with Crippen LogP contribution in [0.25, 0.3) is 0 Å². The Kier molecular flexibility index (Phi) is 4.46. The maximum absolute atomic E-state index is 12.3. The van der Waals surface area contributed by atoms with Crippen LogP contribution in [0.1, 0.15) is 30.0 Å². The first-order valence-corrected chi connectivity index (χ1v) is 8.80. The summed E-state index contributed by atoms with van der Waals surface area (Å²) >= 11 is 0. The minimum absolute atomic E-state index is 0.0780. The van der Waals surface area contributed by atoms with Gasteiger partial charge in [0.05, 0.1) is 12.6 Å². The number of hydrogen-bond acceptors (Lipinski definition) is 3. The summed E-state index contributed by atoms with van der Waals surface area (Å²) in [7, 11) is 0. The van der Waals surface area contributed by atoms with Gasteiger partial charge in [-0.1, -0.05) is 36.4 Å². The lowest BCUT2D eigenvalue weighted by Crippen LogP contribution is -2.45. The van der Waals surface area contributed by atoms with Crippen molar-refractivity contribution in [1.29, 1.82) is 0 Å². The van der Waals surface area contributed by atoms with E-state index >= 15 is 0 Å². The topological polar surface area (TPSA) is 59.6 Å². The van der Waals surface area contributed by atoms with E-state index in [0.29, 0.717) is 13.2 Å². The maximum atomic E-state index is 12.3. The van der Waals surface area contributed by atoms with Gasteiger partial charge in [0, 0.05) is 0 Å². The molecule has 0 aromatic heterocycles. The highest BCUT2D eigenvalue weighted by atomic mass is 16.6. The fraction of sp³-hybridized carbons (Fsp3) is 0.350. The van der Waals surface area contributed by atoms with Crippen LogP contribution in [0.4, 0.5) is 4.79 Å². The molecule has 0 fully saturated rings. The van der Waals surface area contributed by atoms with Crippen molar-refractivity contribution < 1.29 is 14.3 Å². The molecular formula is C20H22N2O3. The van der Waals surface area contributed by atoms with Gasteiger partial charge in [-0.25, -0.2) is 4.79 Å². The molecule has 25 heavy (non-hydrogen) atoms. The number of amides is 2. The number of nitrogens with one attached hydrogen (secondary N) is 2. The predicted molar refractivity (Wildman–Crippen MR) is 95.0 cm³/mol. The number of carbonyl (C=O) groups is 1. The Bertz CT molecular complexity index is 762. The molecule has 2 aromatic rings. The third kappa shape index (κ3) is 3.55. The molecule has 1 aliphatic heterocycles. The van der Waals surface area contributed by atoms with Gasteiger partial charge in [0.25, 0.3) is 0 Å². The highest BCUT2D eigenvalue weighted by Crippen LogP contribution is 2.31. The Morgan fingerprint density at radius 3 is 2.80 bits per heavy atom. The molecule has 1 heterocycles. The lowest BCUT2D eigenvalue weighted by Gasteiger charge is -2.28. The number of fused-ring (bicyclic) bond motifs is 2. The summed E-state index contributed by atoms with van der Waals surface area (Å²) in [5.41, 5.74) is 2.56. The van der Waals surface area contributed by atoms with Crippen molar-refractivity contribution in [3.8, 4) is 11.5 Å². The van der Waals surface area contributed by atoms with Crippen molar-refractivity contribution in [3.05, 3.63) is 59.7 Å². The highest BCUT2D eigenvalue weighted by Gasteiger charge is 2.23. The largest absolute Gasteiger partial charge is 0.486 e. The van der Waals surface area contributed by atoms with E-state index in [9.17, 15) is 4.79 Å². The first-order chi connectivity index (χ1) is 12.3. The average molecular weight is 338 g/mol. The fourth-order valence-corrected chi connectivity index (χ4v) is 3.48. The second-order valence-electron chi connectivity index (χ2n) is 6.50. The van der Waals surface area contributed by atoms with Gasteiger partial charge in [0.2, 0.25) is 0 Å². The summed E-state index contributed by atoms with van der Waals surface area (Å²) in [5, 5.41) is 5.99. The molecule has 2 N–H and O–H groups in total. The second-order valence-corrected chi connectivity index (χ2v) is 6.50. The van der Waals surface area contributed by atoms with Gasteiger partial charge in [-0.15, -0.1) is 0 Å². The normalized spacial score (nSPS) is 21.1. The minimum Gasteiger partial charge on any atom is -0.486 e. The van der Waals surface area contributed by atoms with E-state index in [1.165, 1.54) is 11.1 Å². The van der Waals surface area contributed by atoms with Crippen LogP contribution in [0.3, 0.4) is 0 Å². The van der Waals surface area contributed by atoms with Crippen molar-refractivity contribution in [3.63, 3.8) is 0 Å². The Labute approximate surface area is 147 Å². The smallest absolute Gasteiger partial charge is 0.315 e. The lowest BCUT2D eigenvalue weighted by molar-refractivity contribution is 0.0917. The Hall–Kier alpha value is -2.69. The molecule has 0 radical (unpaired) electrons. The van der Waals surface area contributed by atoms with Crippen LogP contribution in [0.2, 0.25) is 0 Å². The molecule has 0 saturated heterocycles. The molecule has 2 aliphatic rings. The molecule has 130 valence electrons. The summed E-state index contributed by atoms with van der Waals surface area (Å²) in [4.78, 5) is 12.3. The van der Waals surface area contributed by atoms with Gasteiger partial charge in [-0.2, -0.15) is 0 Å². The number of hydrogen-bond donors (Lipinski definition) is 2. The number of aryl methyl sites for hydroxylation is 1. The van der Waals surface area contributed by atoms with Gasteiger partial charge in [-0.05, 0) is 42.5 Å². The standard InChI is InChI=1S/C20H22N2O3/c23-20(22-17-9-5-7-14-6-1-2-8-16(14)17)21-12-15-13-24-18-10-3-4-11-19(18)25-15/h1-4,6,8,10-11,15,17H,5,7,9,12-13H2,(H2,21,22,23)/t15-,17-/m1/s1. The molecule has 1 aliphatic carbocycles. The van der Waals surface area contributed by atoms with Gasteiger partial charge in [-0.3, -0.25) is 0 Å². The van der Waals surface area contributed by atoms with Gasteiger partial charge in [0.1, 0.15) is 6.61 Å². The Balaban J connectivity index is 1.31. The molecule has 0 unspecified atom stereocenters. The van der Waals surface area contributed by atoms with E-state index in [0.717, 1.165) is 30.8 Å². The van der Waals surface area contributed by atoms with Crippen LogP contribution in [0.15, 0.2) is 48.5 Å². The van der Waals surface area contributed by atoms with Crippen molar-refractivity contribution >= 4 is 6.03 Å². The van der Waals surface area contributed by atoms with Crippen LogP contribution in [-0.2, 0) is 6.42 Å². The van der Waals surface area contributed by atoms with Gasteiger partial charge in [0.15, 0.2) is 17.6 Å². The molecule has 0 spiro atoms. The van der Waals surface area contributed by atoms with Gasteiger partial charge >= 0.3 is 6.03 Å². The number of urea groups is 1. The number of ether oxygens (including phenoxy) is 2. The molecular weight excluding hydrogens is 316 g/mol. The first kappa shape index (κ1) is 15.8. The lowest BCUT2D eigenvalue weighted by atomic mass is 9.88. The van der Waals surface area contributed by atoms with Crippen molar-refractivity contribution in [2.75, 3.05) is 13.2 Å². The molecule has 5 nitrogen and oxygen atoms in total. The first-order valence-electron chi connectivity index (χ1n) is 8.80. The van der Waals surface area contributed by atoms with E-state index in [-0.39, 0.29) is 18.2 Å². The predicted octanol–water partition coefficient (Wildman–Crippen LogP) is 3.20. The molecule has 2 atom stereocenters. The second kappa shape index (κ2) is 7.05. The summed E-state index contributed by atoms with van der Waals surface area (Å²) in [6, 6.07) is 15.8. The Morgan fingerprint density at radius 1 is 1.08 bits per heavy atom. The van der Waals surface area contributed by atoms with Crippen LogP contribution in [-0.4, -0.2) is 25.3 Å². The third-order valence-corrected chi connectivity index (χ3v) is 4.73. The van der Waals surface area contributed by atoms with Crippen molar-refractivity contribution in [2.45, 2.75) is 31.4 Å². The number of benzene rings is 2. The molecule has 2 amide bonds. The molecule has 5 heteroatoms. The number of para-hydroxylation sites is 2. The number of rotatable bonds is 3. The molecule has 2 aromatic carbocycles. The minimum atomic E-state index is -0.181. The number of carbonyl (C=O) groups excluding carboxylic acids is 1. The van der Waals surface area contributed by atoms with Crippen LogP contribution in [0.5, 0.6) is 11.5 Å². The SMILES string of the molecule is O=C(NC[C@@H]1COc2ccccc2O1)N[C@@H]1CCCc2ccccc21. The quantitative estimate of drug-likeness (QED) is 0.903.